The number of carbonyl (C=O) groups excluding carboxylic acids is 1. The van der Waals surface area contributed by atoms with Crippen molar-refractivity contribution in [1.82, 2.24) is 5.32 Å². The predicted molar refractivity (Wildman–Crippen MR) is 140 cm³/mol. The van der Waals surface area contributed by atoms with Gasteiger partial charge in [-0.25, -0.2) is 8.98 Å². The minimum absolute atomic E-state index is 0.822. The Labute approximate surface area is 265 Å². The van der Waals surface area contributed by atoms with E-state index in [1.54, 1.807) is 0 Å². The predicted octanol–water partition coefficient (Wildman–Crippen LogP) is -8.40. The average molecular weight is 714 g/mol. The van der Waals surface area contributed by atoms with Crippen LogP contribution in [0.2, 0.25) is 0 Å². The van der Waals surface area contributed by atoms with Crippen LogP contribution >= 0.6 is 0 Å². The van der Waals surface area contributed by atoms with E-state index in [0.29, 0.717) is 0 Å². The van der Waals surface area contributed by atoms with Gasteiger partial charge in [0.1, 0.15) is 73.2 Å². The number of rotatable bonds is 13. The molecule has 0 aromatic heterocycles. The highest BCUT2D eigenvalue weighted by Crippen LogP contribution is 2.35. The number of carboxylic acid groups (broad SMARTS) is 1. The van der Waals surface area contributed by atoms with Gasteiger partial charge in [0.2, 0.25) is 5.91 Å². The number of carbonyl (C=O) groups is 2. The average Bonchev–Trinajstić information content (AvgIpc) is 2.99. The van der Waals surface area contributed by atoms with Crippen molar-refractivity contribution in [3.8, 4) is 0 Å². The Morgan fingerprint density at radius 1 is 0.957 bits per heavy atom. The molecule has 0 aromatic rings. The van der Waals surface area contributed by atoms with Gasteiger partial charge in [0.05, 0.1) is 25.9 Å². The lowest BCUT2D eigenvalue weighted by atomic mass is 9.90. The molecule has 47 heavy (non-hydrogen) atoms. The Morgan fingerprint density at radius 2 is 1.57 bits per heavy atom. The summed E-state index contributed by atoms with van der Waals surface area (Å²) < 4.78 is 62.7. The van der Waals surface area contributed by atoms with Gasteiger partial charge in [-0.1, -0.05) is 0 Å². The number of aliphatic hydroxyl groups excluding tert-OH is 10. The van der Waals surface area contributed by atoms with Crippen LogP contribution in [-0.2, 0) is 47.9 Å². The zero-order chi connectivity index (χ0) is 35.6. The molecule has 274 valence electrons. The normalized spacial score (nSPS) is 42.8. The summed E-state index contributed by atoms with van der Waals surface area (Å²) in [6.45, 7) is -2.14. The van der Waals surface area contributed by atoms with Crippen LogP contribution in [0.25, 0.3) is 0 Å². The second kappa shape index (κ2) is 15.8. The van der Waals surface area contributed by atoms with Crippen molar-refractivity contribution in [2.75, 3.05) is 19.8 Å². The Balaban J connectivity index is 1.88. The van der Waals surface area contributed by atoms with Gasteiger partial charge in [-0.05, 0) is 0 Å². The number of nitrogens with one attached hydrogen (secondary N) is 1. The molecule has 0 saturated carbocycles. The molecular formula is C23H39NO22S. The van der Waals surface area contributed by atoms with Crippen molar-refractivity contribution >= 4 is 22.3 Å². The maximum absolute atomic E-state index is 12.3. The lowest BCUT2D eigenvalue weighted by molar-refractivity contribution is -0.354. The van der Waals surface area contributed by atoms with Gasteiger partial charge in [-0.15, -0.1) is 0 Å². The molecule has 0 bridgehead atoms. The topological polar surface area (TPSA) is 378 Å². The maximum Gasteiger partial charge on any atom is 0.397 e. The van der Waals surface area contributed by atoms with Crippen LogP contribution < -0.4 is 5.32 Å². The first-order valence-corrected chi connectivity index (χ1v) is 15.2. The number of carboxylic acids is 1. The third-order valence-electron chi connectivity index (χ3n) is 7.67. The summed E-state index contributed by atoms with van der Waals surface area (Å²) >= 11 is 0. The number of aliphatic hydroxyl groups is 10. The number of ether oxygens (including phenoxy) is 5. The highest BCUT2D eigenvalue weighted by atomic mass is 32.3. The van der Waals surface area contributed by atoms with E-state index in [9.17, 15) is 69.1 Å². The Morgan fingerprint density at radius 3 is 2.11 bits per heavy atom. The van der Waals surface area contributed by atoms with Crippen LogP contribution in [-0.4, -0.2) is 198 Å². The number of aliphatic carboxylic acids is 1. The van der Waals surface area contributed by atoms with Gasteiger partial charge < -0.3 is 85.2 Å². The lowest BCUT2D eigenvalue weighted by Crippen LogP contribution is -2.68. The zero-order valence-electron chi connectivity index (χ0n) is 24.3. The monoisotopic (exact) mass is 713 g/mol. The molecule has 3 heterocycles. The molecule has 3 aliphatic rings. The van der Waals surface area contributed by atoms with E-state index in [1.807, 2.05) is 0 Å². The quantitative estimate of drug-likeness (QED) is 0.0788. The van der Waals surface area contributed by atoms with Crippen molar-refractivity contribution < 1.29 is 107 Å². The van der Waals surface area contributed by atoms with Gasteiger partial charge in [-0.3, -0.25) is 9.35 Å². The molecule has 23 nitrogen and oxygen atoms in total. The van der Waals surface area contributed by atoms with E-state index in [2.05, 4.69) is 9.50 Å². The third kappa shape index (κ3) is 9.07. The standard InChI is InChI=1S/C23H39NO22S/c1-6(27)24-11-17(44-21-16(34)19(46-47(38,39)40)14(32)9(4-26)43-21)15(33)10(42-20(11)35)5-41-23(22(36)37)2-7(28)12(30)18(45-23)13(31)8(29)3-25/h7-21,25-26,28-35H,2-5H2,1H3,(H,24,27)(H,36,37)(H,38,39,40)/t7-,8+,9+,10+,11+,12+,13+,14-,15-,16+,17+,18+,19-,20+,21-,23+/m0/s1. The summed E-state index contributed by atoms with van der Waals surface area (Å²) in [6, 6.07) is -1.70. The first-order chi connectivity index (χ1) is 21.8. The van der Waals surface area contributed by atoms with Crippen LogP contribution in [0.3, 0.4) is 0 Å². The lowest BCUT2D eigenvalue weighted by Gasteiger charge is -2.48. The van der Waals surface area contributed by atoms with Gasteiger partial charge >= 0.3 is 16.4 Å². The molecule has 0 unspecified atom stereocenters. The van der Waals surface area contributed by atoms with Crippen LogP contribution in [0.1, 0.15) is 13.3 Å². The summed E-state index contributed by atoms with van der Waals surface area (Å²) in [4.78, 5) is 24.2. The van der Waals surface area contributed by atoms with E-state index < -0.39 is 146 Å². The maximum atomic E-state index is 12.3. The first-order valence-electron chi connectivity index (χ1n) is 13.9. The molecular weight excluding hydrogens is 674 g/mol. The van der Waals surface area contributed by atoms with Crippen LogP contribution in [0.15, 0.2) is 0 Å². The molecule has 0 spiro atoms. The van der Waals surface area contributed by atoms with Gasteiger partial charge in [0.15, 0.2) is 12.6 Å². The minimum Gasteiger partial charge on any atom is -0.477 e. The minimum atomic E-state index is -5.32. The molecule has 0 aromatic carbocycles. The second-order valence-corrected chi connectivity index (χ2v) is 12.1. The molecule has 24 heteroatoms. The number of hydrogen-bond acceptors (Lipinski definition) is 20. The summed E-state index contributed by atoms with van der Waals surface area (Å²) in [7, 11) is -5.32. The van der Waals surface area contributed by atoms with E-state index in [-0.39, 0.29) is 0 Å². The fraction of sp³-hybridized carbons (Fsp3) is 0.913. The fourth-order valence-corrected chi connectivity index (χ4v) is 5.77. The van der Waals surface area contributed by atoms with E-state index >= 15 is 0 Å². The van der Waals surface area contributed by atoms with E-state index in [1.165, 1.54) is 0 Å². The molecule has 0 aliphatic carbocycles. The molecule has 3 aliphatic heterocycles. The summed E-state index contributed by atoms with van der Waals surface area (Å²) in [5.74, 6) is -5.67. The molecule has 3 fully saturated rings. The van der Waals surface area contributed by atoms with Gasteiger partial charge in [0.25, 0.3) is 5.79 Å². The molecule has 16 atom stereocenters. The van der Waals surface area contributed by atoms with Crippen molar-refractivity contribution in [2.45, 2.75) is 111 Å². The fourth-order valence-electron chi connectivity index (χ4n) is 5.26. The first kappa shape index (κ1) is 39.6. The molecule has 1 amide bonds. The SMILES string of the molecule is CC(=O)N[C@@H]1[C@@H](O[C@@H]2O[C@H](CO)[C@H](O)[C@H](OS(=O)(=O)O)[C@H]2O)[C@@H](O)[C@@H](CO[C@]2(C(=O)O)C[C@H](O)[C@@H](O)[C@H]([C@H](O)[C@H](O)CO)O2)O[C@H]1O. The highest BCUT2D eigenvalue weighted by molar-refractivity contribution is 7.80. The number of hydrogen-bond donors (Lipinski definition) is 13. The molecule has 3 rings (SSSR count). The molecule has 13 N–H and O–H groups in total. The summed E-state index contributed by atoms with van der Waals surface area (Å²) in [5, 5.41) is 114. The Kier molecular flexibility index (Phi) is 13.4. The Bertz CT molecular complexity index is 1180. The third-order valence-corrected chi connectivity index (χ3v) is 8.13. The molecule has 3 saturated heterocycles. The van der Waals surface area contributed by atoms with Gasteiger partial charge in [0, 0.05) is 13.3 Å². The smallest absolute Gasteiger partial charge is 0.397 e. The van der Waals surface area contributed by atoms with Crippen LogP contribution in [0, 0.1) is 0 Å². The van der Waals surface area contributed by atoms with Crippen molar-refractivity contribution in [1.29, 1.82) is 0 Å². The molecule has 0 radical (unpaired) electrons. The van der Waals surface area contributed by atoms with E-state index in [4.69, 9.17) is 33.3 Å². The van der Waals surface area contributed by atoms with Crippen molar-refractivity contribution in [3.05, 3.63) is 0 Å². The van der Waals surface area contributed by atoms with Crippen molar-refractivity contribution in [2.24, 2.45) is 0 Å². The van der Waals surface area contributed by atoms with Gasteiger partial charge in [-0.2, -0.15) is 8.42 Å². The number of amides is 1. The zero-order valence-corrected chi connectivity index (χ0v) is 25.2. The van der Waals surface area contributed by atoms with Crippen LogP contribution in [0.5, 0.6) is 0 Å². The Hall–Kier alpha value is -1.79. The second-order valence-electron chi connectivity index (χ2n) is 11.0. The summed E-state index contributed by atoms with van der Waals surface area (Å²) in [6.07, 6.45) is -29.4. The summed E-state index contributed by atoms with van der Waals surface area (Å²) in [5.41, 5.74) is 0. The van der Waals surface area contributed by atoms with E-state index in [0.717, 1.165) is 6.92 Å². The van der Waals surface area contributed by atoms with Crippen molar-refractivity contribution in [3.63, 3.8) is 0 Å². The highest BCUT2D eigenvalue weighted by Gasteiger charge is 2.57. The largest absolute Gasteiger partial charge is 0.477 e. The van der Waals surface area contributed by atoms with Crippen LogP contribution in [0.4, 0.5) is 0 Å².